The van der Waals surface area contributed by atoms with Crippen molar-refractivity contribution in [3.63, 3.8) is 0 Å². The first kappa shape index (κ1) is 104. The molecule has 5 heterocycles. The lowest BCUT2D eigenvalue weighted by atomic mass is 9.78. The molecule has 134 heavy (non-hydrogen) atoms. The molecule has 0 unspecified atom stereocenters. The zero-order chi connectivity index (χ0) is 96.7. The predicted molar refractivity (Wildman–Crippen MR) is 521 cm³/mol. The summed E-state index contributed by atoms with van der Waals surface area (Å²) in [6, 6.07) is 23.8. The molecule has 0 spiro atoms. The van der Waals surface area contributed by atoms with Gasteiger partial charge in [0.05, 0.1) is 43.8 Å². The molecule has 4 aliphatic heterocycles. The second-order valence-corrected chi connectivity index (χ2v) is 41.2. The number of methoxy groups -OCH3 is 2. The zero-order valence-electron chi connectivity index (χ0n) is 77.3. The van der Waals surface area contributed by atoms with Crippen molar-refractivity contribution in [1.29, 1.82) is 0 Å². The second-order valence-electron chi connectivity index (χ2n) is 35.6. The number of nitrogens with one attached hydrogen (secondary N) is 8. The summed E-state index contributed by atoms with van der Waals surface area (Å²) < 4.78 is 30.1. The van der Waals surface area contributed by atoms with Gasteiger partial charge in [-0.05, 0) is 160 Å². The number of aromatic hydroxyl groups is 1. The van der Waals surface area contributed by atoms with Crippen molar-refractivity contribution < 1.29 is 91.4 Å². The monoisotopic (exact) mass is 1940 g/mol. The van der Waals surface area contributed by atoms with Crippen LogP contribution in [-0.4, -0.2) is 239 Å². The SMILES string of the molecule is COc1cc2cc(c1Cl)N(C)C(=O)C[C@H](OC(=O)[C@H](C)N(C)C(=O)CCSSCCCN[C@H](Cc1ccccc1)C(=O)N[C@H]1CSSC[C@@H](C(=O)N[C@@H](Cc3c[nH]c4ccccc34)C(N)=O)NC(=O)[C@H](C(C)C)NC(=O)[C@H](CCCCN)NC(=O)[C@@H](CC3=CCc4ccccc43)NC(=O)[C@H](Cc3ccc(O)cc3)CC1=O)[C@]1(C)O[C@H]1[C@H](C)[C@@H]1C[C@@](O)(CC(=O)O1)[C@H](OC)/C=C/C=C(\C)C2. The number of nitrogens with zero attached hydrogens (tertiary/aromatic N) is 2. The highest BCUT2D eigenvalue weighted by Crippen LogP contribution is 2.50. The molecule has 5 aromatic carbocycles. The number of hydrogen-bond donors (Lipinski definition) is 12. The van der Waals surface area contributed by atoms with E-state index in [0.29, 0.717) is 72.7 Å². The molecule has 0 saturated carbocycles. The van der Waals surface area contributed by atoms with Crippen molar-refractivity contribution in [2.75, 3.05) is 69.3 Å². The van der Waals surface area contributed by atoms with Gasteiger partial charge in [0.25, 0.3) is 0 Å². The van der Waals surface area contributed by atoms with Gasteiger partial charge in [-0.25, -0.2) is 4.79 Å². The van der Waals surface area contributed by atoms with Gasteiger partial charge in [0.15, 0.2) is 5.78 Å². The number of carbonyl (C=O) groups excluding carboxylic acids is 12. The van der Waals surface area contributed by atoms with Crippen molar-refractivity contribution in [2.24, 2.45) is 29.2 Å². The van der Waals surface area contributed by atoms with Crippen molar-refractivity contribution >= 4 is 148 Å². The smallest absolute Gasteiger partial charge is 0.328 e. The van der Waals surface area contributed by atoms with E-state index in [1.807, 2.05) is 97.9 Å². The maximum absolute atomic E-state index is 15.7. The molecule has 1 aromatic heterocycles. The Morgan fingerprint density at radius 3 is 2.25 bits per heavy atom. The molecule has 3 fully saturated rings. The Labute approximate surface area is 802 Å². The number of unbranched alkanes of at least 4 members (excludes halogenated alkanes) is 1. The number of nitrogens with two attached hydrogens (primary N) is 2. The van der Waals surface area contributed by atoms with E-state index in [0.717, 1.165) is 65.9 Å². The number of phenolic OH excluding ortho intramolecular Hbond substituents is 1. The minimum atomic E-state index is -1.68. The average molecular weight is 1940 g/mol. The number of benzene rings is 5. The van der Waals surface area contributed by atoms with E-state index >= 15 is 19.2 Å². The Morgan fingerprint density at radius 1 is 0.806 bits per heavy atom. The molecule has 36 heteroatoms. The van der Waals surface area contributed by atoms with Crippen molar-refractivity contribution in [1.82, 2.24) is 47.1 Å². The minimum Gasteiger partial charge on any atom is -0.508 e. The first-order valence-corrected chi connectivity index (χ1v) is 50.7. The van der Waals surface area contributed by atoms with Gasteiger partial charge in [-0.2, -0.15) is 0 Å². The zero-order valence-corrected chi connectivity index (χ0v) is 81.3. The van der Waals surface area contributed by atoms with E-state index in [4.69, 9.17) is 46.8 Å². The maximum atomic E-state index is 15.7. The molecular formula is C98H125ClN12O19S4. The van der Waals surface area contributed by atoms with E-state index in [-0.39, 0.29) is 86.1 Å². The summed E-state index contributed by atoms with van der Waals surface area (Å²) in [4.78, 5) is 182. The molecule has 11 rings (SSSR count). The highest BCUT2D eigenvalue weighted by molar-refractivity contribution is 8.77. The number of anilines is 1. The molecule has 0 radical (unpaired) electrons. The summed E-state index contributed by atoms with van der Waals surface area (Å²) in [5.41, 5.74) is 16.4. The number of aliphatic hydroxyl groups is 1. The number of amides is 9. The molecule has 4 bridgehead atoms. The molecule has 6 aromatic rings. The van der Waals surface area contributed by atoms with Gasteiger partial charge in [-0.15, -0.1) is 0 Å². The molecular weight excluding hydrogens is 1810 g/mol. The highest BCUT2D eigenvalue weighted by atomic mass is 35.5. The predicted octanol–water partition coefficient (Wildman–Crippen LogP) is 8.98. The van der Waals surface area contributed by atoms with Gasteiger partial charge in [-0.3, -0.25) is 52.7 Å². The van der Waals surface area contributed by atoms with Crippen LogP contribution >= 0.6 is 54.8 Å². The van der Waals surface area contributed by atoms with Crippen LogP contribution in [0.2, 0.25) is 5.02 Å². The van der Waals surface area contributed by atoms with Crippen LogP contribution in [0.3, 0.4) is 0 Å². The molecule has 3 saturated heterocycles. The average Bonchev–Trinajstić information content (AvgIpc) is 1.57. The van der Waals surface area contributed by atoms with Crippen molar-refractivity contribution in [3.05, 3.63) is 190 Å². The van der Waals surface area contributed by atoms with E-state index < -0.39 is 180 Å². The lowest BCUT2D eigenvalue weighted by Gasteiger charge is -2.41. The standard InChI is InChI=1S/C98H125ClN12O19S4/c1-56(2)87-95(123)108-76(94(122)105-72(89(101)117)48-66-53-103-70-28-17-16-27-69(66)70)55-134-133-54-75(78(113)49-65(43-61-31-35-67(112)36-32-61)90(118)106-74(47-64-34-33-63-25-14-15-26-68(63)64)93(121)104-71(91(119)109-87)29-18-19-38-100)107-92(120)73(44-60-23-12-11-13-24-60)102-39-21-40-131-132-41-37-83(114)110(7)59(5)96(124)129-82-50-84(115)111(8)77-45-62(46-79(126-9)86(77)99)42-57(3)22-20-30-81(127-10)98(125)51-80(128-85(116)52-98)58(4)88-97(82,6)130-88/h11-17,20,22-28,30-32,34-36,45-46,53,56,58-59,65,71-76,80-82,87-88,102-103,112,125H,18-19,21,29,33,37-44,47-52,54-55,100H2,1-10H3,(H2,101,117)(H,104,121)(H,105,122)(H,106,118)(H,107,120)(H,108,123)(H,109,119)/b30-20+,57-22+/t58-,59+,65-,71+,72+,73-,74-,75+,76+,80+,81-,82+,87+,88+,97+,98-/m1/s1. The molecule has 16 atom stereocenters. The van der Waals surface area contributed by atoms with Crippen molar-refractivity contribution in [2.45, 2.75) is 222 Å². The molecule has 14 N–H and O–H groups in total. The number of carbonyl (C=O) groups is 12. The topological polar surface area (TPSA) is 453 Å². The Kier molecular flexibility index (Phi) is 38.1. The van der Waals surface area contributed by atoms with Gasteiger partial charge in [0, 0.05) is 105 Å². The number of hydrogen-bond acceptors (Lipinski definition) is 25. The normalized spacial score (nSPS) is 25.4. The van der Waals surface area contributed by atoms with Gasteiger partial charge < -0.3 is 97.4 Å². The number of aromatic nitrogens is 1. The number of epoxide rings is 1. The summed E-state index contributed by atoms with van der Waals surface area (Å²) in [5, 5.41) is 44.4. The molecule has 1 aliphatic carbocycles. The highest BCUT2D eigenvalue weighted by Gasteiger charge is 2.65. The summed E-state index contributed by atoms with van der Waals surface area (Å²) in [5.74, 6) is -9.81. The number of fused-ring (bicyclic) bond motifs is 7. The Hall–Kier alpha value is -10.2. The third-order valence-corrected chi connectivity index (χ3v) is 30.7. The van der Waals surface area contributed by atoms with Gasteiger partial charge in [0.2, 0.25) is 53.2 Å². The quantitative estimate of drug-likeness (QED) is 0.00810. The fourth-order valence-corrected chi connectivity index (χ4v) is 22.0. The van der Waals surface area contributed by atoms with Crippen LogP contribution in [-0.2, 0) is 109 Å². The molecule has 5 aliphatic rings. The van der Waals surface area contributed by atoms with Gasteiger partial charge in [0.1, 0.15) is 82.3 Å². The summed E-state index contributed by atoms with van der Waals surface area (Å²) in [7, 11) is 11.0. The third-order valence-electron chi connectivity index (χ3n) is 25.4. The second kappa shape index (κ2) is 49.0. The van der Waals surface area contributed by atoms with Crippen LogP contribution < -0.4 is 58.3 Å². The first-order valence-electron chi connectivity index (χ1n) is 45.4. The largest absolute Gasteiger partial charge is 0.508 e. The number of allylic oxidation sites excluding steroid dienone is 4. The number of primary amides is 1. The lowest BCUT2D eigenvalue weighted by Crippen LogP contribution is -2.60. The number of rotatable bonds is 32. The third kappa shape index (κ3) is 28.0. The molecule has 9 amide bonds. The number of aromatic amines is 1. The molecule has 722 valence electrons. The fourth-order valence-electron chi connectivity index (χ4n) is 17.2. The summed E-state index contributed by atoms with van der Waals surface area (Å²) in [6.07, 6.45) is 6.27. The van der Waals surface area contributed by atoms with Gasteiger partial charge >= 0.3 is 11.9 Å². The fraction of sp³-hybridized carbons (Fsp3) is 0.490. The maximum Gasteiger partial charge on any atom is 0.328 e. The number of halogens is 1. The Morgan fingerprint density at radius 2 is 1.51 bits per heavy atom. The van der Waals surface area contributed by atoms with Gasteiger partial charge in [-0.1, -0.05) is 190 Å². The number of esters is 2. The van der Waals surface area contributed by atoms with E-state index in [1.165, 1.54) is 71.7 Å². The number of H-pyrrole nitrogens is 1. The van der Waals surface area contributed by atoms with Crippen LogP contribution in [0.15, 0.2) is 151 Å². The van der Waals surface area contributed by atoms with Crippen LogP contribution in [0.1, 0.15) is 139 Å². The molecule has 31 nitrogen and oxygen atoms in total. The number of Topliss-reactive ketones (excluding diaryl/α,β-unsaturated/α-hetero) is 1. The van der Waals surface area contributed by atoms with Crippen LogP contribution in [0.25, 0.3) is 16.5 Å². The van der Waals surface area contributed by atoms with E-state index in [1.54, 1.807) is 77.4 Å². The summed E-state index contributed by atoms with van der Waals surface area (Å²) in [6.45, 7) is 10.9. The number of likely N-dealkylation sites (N-methyl/N-ethyl adjacent to an activating group) is 1. The summed E-state index contributed by atoms with van der Waals surface area (Å²) >= 11 is 6.93. The number of phenols is 1. The van der Waals surface area contributed by atoms with E-state index in [9.17, 15) is 48.6 Å². The Balaban J connectivity index is 0.791. The van der Waals surface area contributed by atoms with Crippen LogP contribution in [0.5, 0.6) is 11.5 Å². The first-order chi connectivity index (χ1) is 64.1. The van der Waals surface area contributed by atoms with E-state index in [2.05, 4.69) is 42.2 Å². The van der Waals surface area contributed by atoms with Crippen LogP contribution in [0.4, 0.5) is 5.69 Å². The number of ether oxygens (including phenoxy) is 5. The Bertz CT molecular complexity index is 5280. The number of para-hydroxylation sites is 1. The lowest BCUT2D eigenvalue weighted by molar-refractivity contribution is -0.187. The van der Waals surface area contributed by atoms with Crippen molar-refractivity contribution in [3.8, 4) is 11.5 Å². The van der Waals surface area contributed by atoms with Crippen LogP contribution in [0, 0.1) is 17.8 Å². The minimum absolute atomic E-state index is 0.0128. The number of ketones is 1.